The van der Waals surface area contributed by atoms with Gasteiger partial charge >= 0.3 is 0 Å². The Bertz CT molecular complexity index is 1320. The molecule has 7 nitrogen and oxygen atoms in total. The summed E-state index contributed by atoms with van der Waals surface area (Å²) in [6.07, 6.45) is 3.47. The fourth-order valence-corrected chi connectivity index (χ4v) is 4.29. The number of pyridine rings is 1. The predicted octanol–water partition coefficient (Wildman–Crippen LogP) is 5.16. The van der Waals surface area contributed by atoms with Gasteiger partial charge in [0.25, 0.3) is 0 Å². The Hall–Kier alpha value is -3.74. The lowest BCUT2D eigenvalue weighted by molar-refractivity contribution is -0.116. The van der Waals surface area contributed by atoms with Crippen LogP contribution in [0.3, 0.4) is 0 Å². The number of rotatable bonds is 8. The highest BCUT2D eigenvalue weighted by atomic mass is 35.5. The van der Waals surface area contributed by atoms with Crippen LogP contribution in [-0.4, -0.2) is 38.0 Å². The van der Waals surface area contributed by atoms with E-state index in [9.17, 15) is 9.18 Å². The molecule has 0 radical (unpaired) electrons. The van der Waals surface area contributed by atoms with E-state index >= 15 is 0 Å². The maximum Gasteiger partial charge on any atom is 0.237 e. The van der Waals surface area contributed by atoms with E-state index in [0.717, 1.165) is 5.56 Å². The zero-order valence-electron chi connectivity index (χ0n) is 17.8. The fraction of sp³-hybridized carbons (Fsp3) is 0.125. The minimum absolute atomic E-state index is 0.0492. The van der Waals surface area contributed by atoms with Crippen LogP contribution in [0.25, 0.3) is 17.1 Å². The summed E-state index contributed by atoms with van der Waals surface area (Å²) < 4.78 is 15.3. The van der Waals surface area contributed by atoms with E-state index in [4.69, 9.17) is 16.9 Å². The molecule has 34 heavy (non-hydrogen) atoms. The van der Waals surface area contributed by atoms with Crippen molar-refractivity contribution in [3.8, 4) is 23.1 Å². The number of hydrogen-bond donors (Lipinski definition) is 0. The van der Waals surface area contributed by atoms with Crippen molar-refractivity contribution in [3.05, 3.63) is 83.9 Å². The number of halogens is 2. The third kappa shape index (κ3) is 5.42. The molecule has 4 rings (SSSR count). The number of aromatic nitrogens is 4. The van der Waals surface area contributed by atoms with Crippen LogP contribution in [0.15, 0.2) is 78.2 Å². The van der Waals surface area contributed by atoms with Crippen LogP contribution >= 0.6 is 23.4 Å². The zero-order chi connectivity index (χ0) is 23.9. The van der Waals surface area contributed by atoms with Gasteiger partial charge < -0.3 is 4.90 Å². The number of benzene rings is 2. The summed E-state index contributed by atoms with van der Waals surface area (Å²) in [6, 6.07) is 18.6. The predicted molar refractivity (Wildman–Crippen MR) is 129 cm³/mol. The summed E-state index contributed by atoms with van der Waals surface area (Å²) in [4.78, 5) is 18.7. The Labute approximate surface area is 204 Å². The number of thioether (sulfide) groups is 1. The smallest absolute Gasteiger partial charge is 0.237 e. The van der Waals surface area contributed by atoms with E-state index in [0.29, 0.717) is 27.4 Å². The maximum absolute atomic E-state index is 13.6. The monoisotopic (exact) mass is 492 g/mol. The van der Waals surface area contributed by atoms with Gasteiger partial charge in [-0.1, -0.05) is 29.4 Å². The van der Waals surface area contributed by atoms with E-state index in [1.54, 1.807) is 65.5 Å². The number of hydrogen-bond acceptors (Lipinski definition) is 6. The average Bonchev–Trinajstić information content (AvgIpc) is 3.28. The van der Waals surface area contributed by atoms with Crippen molar-refractivity contribution < 1.29 is 9.18 Å². The van der Waals surface area contributed by atoms with Crippen molar-refractivity contribution in [2.45, 2.75) is 11.6 Å². The van der Waals surface area contributed by atoms with Gasteiger partial charge in [-0.25, -0.2) is 4.39 Å². The van der Waals surface area contributed by atoms with Crippen LogP contribution in [0.1, 0.15) is 6.42 Å². The summed E-state index contributed by atoms with van der Waals surface area (Å²) in [6.45, 7) is 0.239. The lowest BCUT2D eigenvalue weighted by Gasteiger charge is -2.22. The normalized spacial score (nSPS) is 10.6. The zero-order valence-corrected chi connectivity index (χ0v) is 19.4. The minimum Gasteiger partial charge on any atom is -0.311 e. The van der Waals surface area contributed by atoms with Crippen LogP contribution in [0.2, 0.25) is 5.02 Å². The number of anilines is 1. The van der Waals surface area contributed by atoms with Gasteiger partial charge in [-0.05, 0) is 54.6 Å². The Balaban J connectivity index is 1.63. The summed E-state index contributed by atoms with van der Waals surface area (Å²) in [5.41, 5.74) is 2.05. The summed E-state index contributed by atoms with van der Waals surface area (Å²) in [5.74, 6) is 0.0243. The van der Waals surface area contributed by atoms with Gasteiger partial charge in [0, 0.05) is 40.9 Å². The molecule has 4 aromatic rings. The lowest BCUT2D eigenvalue weighted by Crippen LogP contribution is -2.33. The molecule has 0 fully saturated rings. The second-order valence-electron chi connectivity index (χ2n) is 7.08. The van der Waals surface area contributed by atoms with Gasteiger partial charge in [-0.3, -0.25) is 14.3 Å². The van der Waals surface area contributed by atoms with Crippen LogP contribution in [0, 0.1) is 17.1 Å². The van der Waals surface area contributed by atoms with Gasteiger partial charge in [0.1, 0.15) is 5.82 Å². The molecule has 0 N–H and O–H groups in total. The minimum atomic E-state index is -0.360. The van der Waals surface area contributed by atoms with Crippen molar-refractivity contribution >= 4 is 35.0 Å². The molecule has 0 aliphatic rings. The third-order valence-electron chi connectivity index (χ3n) is 4.85. The first kappa shape index (κ1) is 23.4. The molecule has 0 aliphatic carbocycles. The molecule has 2 aromatic carbocycles. The molecule has 2 aromatic heterocycles. The summed E-state index contributed by atoms with van der Waals surface area (Å²) in [7, 11) is 0. The highest BCUT2D eigenvalue weighted by Gasteiger charge is 2.20. The van der Waals surface area contributed by atoms with E-state index in [1.165, 1.54) is 28.8 Å². The van der Waals surface area contributed by atoms with Crippen molar-refractivity contribution in [2.75, 3.05) is 17.2 Å². The van der Waals surface area contributed by atoms with Crippen molar-refractivity contribution in [2.24, 2.45) is 0 Å². The van der Waals surface area contributed by atoms with Crippen molar-refractivity contribution in [3.63, 3.8) is 0 Å². The molecule has 170 valence electrons. The summed E-state index contributed by atoms with van der Waals surface area (Å²) in [5, 5.41) is 18.6. The maximum atomic E-state index is 13.6. The van der Waals surface area contributed by atoms with Crippen LogP contribution in [0.5, 0.6) is 0 Å². The molecule has 0 spiro atoms. The molecule has 0 bridgehead atoms. The standard InChI is InChI=1S/C24H18ClFN6OS/c25-18-3-1-4-21(15-18)31(14-2-11-27)22(33)16-34-24-30-29-23(17-9-12-28-13-10-17)32(24)20-7-5-19(26)6-8-20/h1,3-10,12-13,15H,2,14,16H2. The Morgan fingerprint density at radius 3 is 2.59 bits per heavy atom. The average molecular weight is 493 g/mol. The third-order valence-corrected chi connectivity index (χ3v) is 6.00. The molecule has 0 unspecified atom stereocenters. The van der Waals surface area contributed by atoms with Gasteiger partial charge in [-0.2, -0.15) is 5.26 Å². The molecule has 0 aliphatic heterocycles. The van der Waals surface area contributed by atoms with Crippen LogP contribution < -0.4 is 4.90 Å². The first-order chi connectivity index (χ1) is 16.6. The van der Waals surface area contributed by atoms with Crippen LogP contribution in [-0.2, 0) is 4.79 Å². The van der Waals surface area contributed by atoms with Gasteiger partial charge in [-0.15, -0.1) is 10.2 Å². The Morgan fingerprint density at radius 2 is 1.88 bits per heavy atom. The number of carbonyl (C=O) groups excluding carboxylic acids is 1. The highest BCUT2D eigenvalue weighted by molar-refractivity contribution is 7.99. The van der Waals surface area contributed by atoms with Crippen LogP contribution in [0.4, 0.5) is 10.1 Å². The van der Waals surface area contributed by atoms with Crippen molar-refractivity contribution in [1.29, 1.82) is 5.26 Å². The van der Waals surface area contributed by atoms with E-state index in [1.807, 2.05) is 0 Å². The number of nitrogens with zero attached hydrogens (tertiary/aromatic N) is 6. The van der Waals surface area contributed by atoms with Gasteiger partial charge in [0.15, 0.2) is 11.0 Å². The van der Waals surface area contributed by atoms with Gasteiger partial charge in [0.2, 0.25) is 5.91 Å². The van der Waals surface area contributed by atoms with E-state index < -0.39 is 0 Å². The van der Waals surface area contributed by atoms with Crippen molar-refractivity contribution in [1.82, 2.24) is 19.7 Å². The lowest BCUT2D eigenvalue weighted by atomic mass is 10.2. The first-order valence-corrected chi connectivity index (χ1v) is 11.6. The molecule has 0 atom stereocenters. The topological polar surface area (TPSA) is 87.7 Å². The molecular formula is C24H18ClFN6OS. The molecule has 0 saturated carbocycles. The first-order valence-electron chi connectivity index (χ1n) is 10.2. The number of amides is 1. The van der Waals surface area contributed by atoms with E-state index in [2.05, 4.69) is 21.3 Å². The molecule has 10 heteroatoms. The molecule has 1 amide bonds. The van der Waals surface area contributed by atoms with Gasteiger partial charge in [0.05, 0.1) is 18.2 Å². The Kier molecular flexibility index (Phi) is 7.52. The largest absolute Gasteiger partial charge is 0.311 e. The second kappa shape index (κ2) is 10.9. The molecule has 2 heterocycles. The highest BCUT2D eigenvalue weighted by Crippen LogP contribution is 2.29. The Morgan fingerprint density at radius 1 is 1.12 bits per heavy atom. The number of carbonyl (C=O) groups is 1. The van der Waals surface area contributed by atoms with E-state index in [-0.39, 0.29) is 30.4 Å². The molecular weight excluding hydrogens is 475 g/mol. The fourth-order valence-electron chi connectivity index (χ4n) is 3.28. The molecule has 0 saturated heterocycles. The summed E-state index contributed by atoms with van der Waals surface area (Å²) >= 11 is 7.30. The number of nitriles is 1. The SMILES string of the molecule is N#CCCN(C(=O)CSc1nnc(-c2ccncc2)n1-c1ccc(F)cc1)c1cccc(Cl)c1. The quantitative estimate of drug-likeness (QED) is 0.316. The second-order valence-corrected chi connectivity index (χ2v) is 8.45.